The van der Waals surface area contributed by atoms with Gasteiger partial charge in [0.05, 0.1) is 19.9 Å². The third-order valence-electron chi connectivity index (χ3n) is 4.70. The molecular formula is C23H22N4O2S. The van der Waals surface area contributed by atoms with Crippen molar-refractivity contribution in [2.75, 3.05) is 26.1 Å². The number of hydrogen-bond donors (Lipinski definition) is 1. The van der Waals surface area contributed by atoms with Crippen LogP contribution in [0.1, 0.15) is 5.56 Å². The van der Waals surface area contributed by atoms with Gasteiger partial charge in [0, 0.05) is 36.3 Å². The monoisotopic (exact) mass is 418 g/mol. The zero-order valence-electron chi connectivity index (χ0n) is 16.8. The molecule has 0 radical (unpaired) electrons. The van der Waals surface area contributed by atoms with Crippen LogP contribution >= 0.6 is 11.3 Å². The van der Waals surface area contributed by atoms with Crippen molar-refractivity contribution in [3.63, 3.8) is 0 Å². The Bertz CT molecular complexity index is 1100. The van der Waals surface area contributed by atoms with Crippen LogP contribution in [0, 0.1) is 0 Å². The van der Waals surface area contributed by atoms with E-state index in [-0.39, 0.29) is 0 Å². The summed E-state index contributed by atoms with van der Waals surface area (Å²) < 4.78 is 10.7. The second-order valence-corrected chi connectivity index (χ2v) is 7.36. The molecular weight excluding hydrogens is 396 g/mol. The quantitative estimate of drug-likeness (QED) is 0.437. The lowest BCUT2D eigenvalue weighted by Crippen LogP contribution is -2.09. The Morgan fingerprint density at radius 2 is 1.90 bits per heavy atom. The maximum atomic E-state index is 5.38. The van der Waals surface area contributed by atoms with E-state index in [0.717, 1.165) is 45.9 Å². The van der Waals surface area contributed by atoms with Crippen molar-refractivity contribution in [2.45, 2.75) is 6.42 Å². The molecule has 152 valence electrons. The fourth-order valence-electron chi connectivity index (χ4n) is 3.17. The number of hydrogen-bond acceptors (Lipinski definition) is 7. The molecule has 0 atom stereocenters. The minimum absolute atomic E-state index is 0.591. The van der Waals surface area contributed by atoms with Crippen LogP contribution in [0.4, 0.5) is 5.95 Å². The van der Waals surface area contributed by atoms with Gasteiger partial charge < -0.3 is 14.8 Å². The standard InChI is InChI=1S/C23H22N4O2S/c1-28-20-6-5-16(12-21(20)29-2)7-10-25-23-26-14-19(18-8-11-30-15-18)22(27-23)17-4-3-9-24-13-17/h3-6,8-9,11-15H,7,10H2,1-2H3,(H,25,26,27). The largest absolute Gasteiger partial charge is 0.493 e. The van der Waals surface area contributed by atoms with Crippen LogP contribution in [-0.2, 0) is 6.42 Å². The summed E-state index contributed by atoms with van der Waals surface area (Å²) in [5, 5.41) is 7.48. The van der Waals surface area contributed by atoms with Crippen molar-refractivity contribution in [3.8, 4) is 33.9 Å². The van der Waals surface area contributed by atoms with Crippen molar-refractivity contribution >= 4 is 17.3 Å². The van der Waals surface area contributed by atoms with E-state index in [4.69, 9.17) is 14.5 Å². The molecule has 1 aromatic carbocycles. The van der Waals surface area contributed by atoms with Crippen LogP contribution in [0.15, 0.2) is 65.7 Å². The number of benzene rings is 1. The van der Waals surface area contributed by atoms with E-state index in [0.29, 0.717) is 12.5 Å². The minimum atomic E-state index is 0.591. The molecule has 0 spiro atoms. The maximum absolute atomic E-state index is 5.38. The molecule has 0 saturated carbocycles. The van der Waals surface area contributed by atoms with Crippen LogP contribution < -0.4 is 14.8 Å². The summed E-state index contributed by atoms with van der Waals surface area (Å²) in [7, 11) is 3.28. The lowest BCUT2D eigenvalue weighted by atomic mass is 10.0. The molecule has 3 heterocycles. The zero-order chi connectivity index (χ0) is 20.8. The van der Waals surface area contributed by atoms with E-state index in [2.05, 4.69) is 32.1 Å². The number of thiophene rings is 1. The first kappa shape index (κ1) is 19.8. The van der Waals surface area contributed by atoms with Gasteiger partial charge in [-0.2, -0.15) is 11.3 Å². The normalized spacial score (nSPS) is 10.6. The molecule has 7 heteroatoms. The molecule has 6 nitrogen and oxygen atoms in total. The van der Waals surface area contributed by atoms with Crippen LogP contribution in [0.2, 0.25) is 0 Å². The predicted octanol–water partition coefficient (Wildman–Crippen LogP) is 4.94. The second-order valence-electron chi connectivity index (χ2n) is 6.58. The average Bonchev–Trinajstić information content (AvgIpc) is 3.34. The fourth-order valence-corrected chi connectivity index (χ4v) is 3.83. The number of rotatable bonds is 8. The Balaban J connectivity index is 1.53. The lowest BCUT2D eigenvalue weighted by Gasteiger charge is -2.12. The smallest absolute Gasteiger partial charge is 0.223 e. The topological polar surface area (TPSA) is 69.2 Å². The summed E-state index contributed by atoms with van der Waals surface area (Å²) in [6.07, 6.45) is 6.26. The third-order valence-corrected chi connectivity index (χ3v) is 5.38. The Hall–Kier alpha value is -3.45. The lowest BCUT2D eigenvalue weighted by molar-refractivity contribution is 0.354. The van der Waals surface area contributed by atoms with E-state index in [1.54, 1.807) is 31.8 Å². The Morgan fingerprint density at radius 1 is 1.00 bits per heavy atom. The summed E-state index contributed by atoms with van der Waals surface area (Å²) >= 11 is 1.65. The van der Waals surface area contributed by atoms with Gasteiger partial charge in [0.25, 0.3) is 0 Å². The molecule has 0 aliphatic carbocycles. The van der Waals surface area contributed by atoms with Gasteiger partial charge in [-0.15, -0.1) is 0 Å². The maximum Gasteiger partial charge on any atom is 0.223 e. The van der Waals surface area contributed by atoms with Gasteiger partial charge in [0.2, 0.25) is 5.95 Å². The van der Waals surface area contributed by atoms with Crippen molar-refractivity contribution in [1.29, 1.82) is 0 Å². The number of aromatic nitrogens is 3. The molecule has 0 unspecified atom stereocenters. The predicted molar refractivity (Wildman–Crippen MR) is 120 cm³/mol. The summed E-state index contributed by atoms with van der Waals surface area (Å²) in [6, 6.07) is 11.9. The highest BCUT2D eigenvalue weighted by Gasteiger charge is 2.12. The van der Waals surface area contributed by atoms with Gasteiger partial charge in [0.1, 0.15) is 0 Å². The number of nitrogens with zero attached hydrogens (tertiary/aromatic N) is 3. The van der Waals surface area contributed by atoms with Gasteiger partial charge in [-0.3, -0.25) is 4.98 Å². The van der Waals surface area contributed by atoms with Gasteiger partial charge in [-0.05, 0) is 58.6 Å². The fraction of sp³-hybridized carbons (Fsp3) is 0.174. The molecule has 1 N–H and O–H groups in total. The Kier molecular flexibility index (Phi) is 6.20. The van der Waals surface area contributed by atoms with E-state index >= 15 is 0 Å². The average molecular weight is 419 g/mol. The Labute approximate surface area is 179 Å². The van der Waals surface area contributed by atoms with E-state index in [1.165, 1.54) is 0 Å². The highest BCUT2D eigenvalue weighted by molar-refractivity contribution is 7.08. The van der Waals surface area contributed by atoms with Crippen molar-refractivity contribution in [3.05, 3.63) is 71.3 Å². The van der Waals surface area contributed by atoms with E-state index in [9.17, 15) is 0 Å². The molecule has 0 aliphatic rings. The van der Waals surface area contributed by atoms with Crippen molar-refractivity contribution < 1.29 is 9.47 Å². The molecule has 0 amide bonds. The van der Waals surface area contributed by atoms with Crippen LogP contribution in [0.25, 0.3) is 22.4 Å². The number of anilines is 1. The van der Waals surface area contributed by atoms with Crippen LogP contribution in [-0.4, -0.2) is 35.7 Å². The first-order valence-corrected chi connectivity index (χ1v) is 10.5. The van der Waals surface area contributed by atoms with Crippen molar-refractivity contribution in [2.24, 2.45) is 0 Å². The number of pyridine rings is 1. The van der Waals surface area contributed by atoms with Crippen molar-refractivity contribution in [1.82, 2.24) is 15.0 Å². The summed E-state index contributed by atoms with van der Waals surface area (Å²) in [5.74, 6) is 2.04. The van der Waals surface area contributed by atoms with Gasteiger partial charge >= 0.3 is 0 Å². The highest BCUT2D eigenvalue weighted by atomic mass is 32.1. The molecule has 30 heavy (non-hydrogen) atoms. The molecule has 0 aliphatic heterocycles. The molecule has 0 bridgehead atoms. The SMILES string of the molecule is COc1ccc(CCNc2ncc(-c3ccsc3)c(-c3cccnc3)n2)cc1OC. The molecule has 3 aromatic heterocycles. The van der Waals surface area contributed by atoms with E-state index < -0.39 is 0 Å². The zero-order valence-corrected chi connectivity index (χ0v) is 17.6. The highest BCUT2D eigenvalue weighted by Crippen LogP contribution is 2.32. The molecule has 0 saturated heterocycles. The van der Waals surface area contributed by atoms with Gasteiger partial charge in [0.15, 0.2) is 11.5 Å². The number of nitrogens with one attached hydrogen (secondary N) is 1. The second kappa shape index (κ2) is 9.37. The molecule has 4 rings (SSSR count). The summed E-state index contributed by atoms with van der Waals surface area (Å²) in [4.78, 5) is 13.6. The number of methoxy groups -OCH3 is 2. The summed E-state index contributed by atoms with van der Waals surface area (Å²) in [6.45, 7) is 0.694. The van der Waals surface area contributed by atoms with Gasteiger partial charge in [-0.1, -0.05) is 6.07 Å². The van der Waals surface area contributed by atoms with E-state index in [1.807, 2.05) is 42.7 Å². The first-order chi connectivity index (χ1) is 14.8. The summed E-state index contributed by atoms with van der Waals surface area (Å²) in [5.41, 5.74) is 5.07. The minimum Gasteiger partial charge on any atom is -0.493 e. The Morgan fingerprint density at radius 3 is 2.63 bits per heavy atom. The van der Waals surface area contributed by atoms with Gasteiger partial charge in [-0.25, -0.2) is 9.97 Å². The van der Waals surface area contributed by atoms with Crippen LogP contribution in [0.5, 0.6) is 11.5 Å². The third kappa shape index (κ3) is 4.41. The molecule has 0 fully saturated rings. The molecule has 4 aromatic rings. The number of ether oxygens (including phenoxy) is 2. The van der Waals surface area contributed by atoms with Crippen LogP contribution in [0.3, 0.4) is 0 Å². The first-order valence-electron chi connectivity index (χ1n) is 9.53.